The van der Waals surface area contributed by atoms with Crippen molar-refractivity contribution in [2.24, 2.45) is 11.8 Å². The van der Waals surface area contributed by atoms with Crippen molar-refractivity contribution < 1.29 is 36.5 Å². The Balaban J connectivity index is 1.38. The monoisotopic (exact) mass is 523 g/mol. The van der Waals surface area contributed by atoms with E-state index in [1.807, 2.05) is 0 Å². The summed E-state index contributed by atoms with van der Waals surface area (Å²) in [5, 5.41) is 15.7. The van der Waals surface area contributed by atoms with E-state index in [0.29, 0.717) is 12.0 Å². The summed E-state index contributed by atoms with van der Waals surface area (Å²) in [6.07, 6.45) is 1.24. The van der Waals surface area contributed by atoms with Gasteiger partial charge in [-0.1, -0.05) is 31.2 Å². The van der Waals surface area contributed by atoms with Crippen LogP contribution < -0.4 is 0 Å². The van der Waals surface area contributed by atoms with Crippen LogP contribution in [-0.2, 0) is 27.8 Å². The van der Waals surface area contributed by atoms with E-state index < -0.39 is 41.2 Å². The van der Waals surface area contributed by atoms with Gasteiger partial charge >= 0.3 is 6.18 Å². The molecule has 2 heterocycles. The van der Waals surface area contributed by atoms with Gasteiger partial charge in [-0.3, -0.25) is 0 Å². The van der Waals surface area contributed by atoms with Crippen molar-refractivity contribution in [1.29, 1.82) is 0 Å². The smallest absolute Gasteiger partial charge is 0.383 e. The second-order valence-electron chi connectivity index (χ2n) is 9.16. The van der Waals surface area contributed by atoms with Crippen LogP contribution in [0, 0.1) is 23.5 Å². The van der Waals surface area contributed by atoms with E-state index in [1.54, 1.807) is 19.1 Å². The van der Waals surface area contributed by atoms with Gasteiger partial charge in [0.15, 0.2) is 6.29 Å². The van der Waals surface area contributed by atoms with Gasteiger partial charge in [0.2, 0.25) is 0 Å². The average Bonchev–Trinajstić information content (AvgIpc) is 3.36. The standard InChI is InChI=1S/C26H26F5N3O3/c1-17(25(35,14-34-16-32-15-33-34)22-8-7-21(27)11-23(22)28)10-19-12-36-24(37-13-19)9-4-18-2-5-20(6-3-18)26(29,30)31/h2-9,11,15-17,19,24,35H,10,12-14H2,1H3/b9-4+/t17-,19?,24?,25+/m0/s1. The van der Waals surface area contributed by atoms with Gasteiger partial charge in [-0.05, 0) is 42.2 Å². The number of aliphatic hydroxyl groups is 1. The fourth-order valence-corrected chi connectivity index (χ4v) is 4.38. The number of nitrogens with zero attached hydrogens (tertiary/aromatic N) is 3. The average molecular weight is 524 g/mol. The third-order valence-electron chi connectivity index (χ3n) is 6.45. The summed E-state index contributed by atoms with van der Waals surface area (Å²) in [7, 11) is 0. The number of ether oxygens (including phenoxy) is 2. The summed E-state index contributed by atoms with van der Waals surface area (Å²) in [5.41, 5.74) is -1.93. The fraction of sp³-hybridized carbons (Fsp3) is 0.385. The second kappa shape index (κ2) is 11.1. The molecule has 0 aliphatic carbocycles. The fourth-order valence-electron chi connectivity index (χ4n) is 4.38. The summed E-state index contributed by atoms with van der Waals surface area (Å²) >= 11 is 0. The number of aromatic nitrogens is 3. The van der Waals surface area contributed by atoms with E-state index in [0.717, 1.165) is 24.3 Å². The molecule has 0 radical (unpaired) electrons. The van der Waals surface area contributed by atoms with Gasteiger partial charge in [0.1, 0.15) is 29.9 Å². The van der Waals surface area contributed by atoms with Crippen LogP contribution in [-0.4, -0.2) is 39.4 Å². The van der Waals surface area contributed by atoms with Crippen LogP contribution in [0.3, 0.4) is 0 Å². The summed E-state index contributed by atoms with van der Waals surface area (Å²) in [4.78, 5) is 3.86. The molecule has 1 saturated heterocycles. The molecule has 11 heteroatoms. The summed E-state index contributed by atoms with van der Waals surface area (Å²) in [5.74, 6) is -2.25. The zero-order valence-electron chi connectivity index (χ0n) is 19.9. The molecule has 3 aromatic rings. The highest BCUT2D eigenvalue weighted by molar-refractivity contribution is 5.50. The summed E-state index contributed by atoms with van der Waals surface area (Å²) in [6, 6.07) is 7.78. The Morgan fingerprint density at radius 1 is 1.11 bits per heavy atom. The van der Waals surface area contributed by atoms with E-state index in [1.165, 1.54) is 35.5 Å². The Bertz CT molecular complexity index is 1190. The number of rotatable bonds is 8. The molecule has 1 N–H and O–H groups in total. The van der Waals surface area contributed by atoms with Crippen molar-refractivity contribution in [3.05, 3.63) is 89.5 Å². The Morgan fingerprint density at radius 3 is 2.41 bits per heavy atom. The van der Waals surface area contributed by atoms with Gasteiger partial charge < -0.3 is 14.6 Å². The van der Waals surface area contributed by atoms with Crippen molar-refractivity contribution in [3.8, 4) is 0 Å². The molecule has 0 bridgehead atoms. The highest BCUT2D eigenvalue weighted by Crippen LogP contribution is 2.38. The van der Waals surface area contributed by atoms with Crippen molar-refractivity contribution in [2.75, 3.05) is 13.2 Å². The first kappa shape index (κ1) is 26.9. The van der Waals surface area contributed by atoms with E-state index in [4.69, 9.17) is 9.47 Å². The SMILES string of the molecule is C[C@@H](CC1COC(/C=C/c2ccc(C(F)(F)F)cc2)OC1)[C@](O)(Cn1cncn1)c1ccc(F)cc1F. The van der Waals surface area contributed by atoms with Crippen LogP contribution in [0.2, 0.25) is 0 Å². The van der Waals surface area contributed by atoms with Crippen molar-refractivity contribution in [2.45, 2.75) is 38.0 Å². The molecule has 0 amide bonds. The molecule has 0 saturated carbocycles. The largest absolute Gasteiger partial charge is 0.416 e. The Hall–Kier alpha value is -3.15. The number of halogens is 5. The van der Waals surface area contributed by atoms with Crippen LogP contribution in [0.1, 0.15) is 30.0 Å². The molecule has 2 aromatic carbocycles. The minimum atomic E-state index is -4.39. The van der Waals surface area contributed by atoms with Crippen LogP contribution in [0.25, 0.3) is 6.08 Å². The first-order chi connectivity index (χ1) is 17.5. The third-order valence-corrected chi connectivity index (χ3v) is 6.45. The van der Waals surface area contributed by atoms with Gasteiger partial charge in [-0.15, -0.1) is 0 Å². The predicted octanol–water partition coefficient (Wildman–Crippen LogP) is 5.19. The first-order valence-corrected chi connectivity index (χ1v) is 11.6. The van der Waals surface area contributed by atoms with Crippen LogP contribution in [0.4, 0.5) is 22.0 Å². The van der Waals surface area contributed by atoms with Gasteiger partial charge in [0.25, 0.3) is 0 Å². The zero-order chi connectivity index (χ0) is 26.6. The molecule has 0 unspecified atom stereocenters. The molecule has 4 rings (SSSR count). The Labute approximate surface area is 210 Å². The lowest BCUT2D eigenvalue weighted by Gasteiger charge is -2.38. The number of alkyl halides is 3. The van der Waals surface area contributed by atoms with Gasteiger partial charge in [-0.25, -0.2) is 18.4 Å². The quantitative estimate of drug-likeness (QED) is 0.412. The van der Waals surface area contributed by atoms with Gasteiger partial charge in [0.05, 0.1) is 25.3 Å². The molecule has 6 nitrogen and oxygen atoms in total. The van der Waals surface area contributed by atoms with E-state index in [9.17, 15) is 27.1 Å². The predicted molar refractivity (Wildman–Crippen MR) is 124 cm³/mol. The summed E-state index contributed by atoms with van der Waals surface area (Å²) < 4.78 is 79.2. The van der Waals surface area contributed by atoms with E-state index in [-0.39, 0.29) is 31.2 Å². The van der Waals surface area contributed by atoms with Crippen LogP contribution in [0.5, 0.6) is 0 Å². The molecule has 1 aromatic heterocycles. The van der Waals surface area contributed by atoms with Crippen LogP contribution >= 0.6 is 0 Å². The first-order valence-electron chi connectivity index (χ1n) is 11.6. The molecule has 37 heavy (non-hydrogen) atoms. The minimum Gasteiger partial charge on any atom is -0.383 e. The van der Waals surface area contributed by atoms with Gasteiger partial charge in [-0.2, -0.15) is 18.3 Å². The van der Waals surface area contributed by atoms with Crippen LogP contribution in [0.15, 0.2) is 61.2 Å². The third kappa shape index (κ3) is 6.60. The molecule has 0 spiro atoms. The van der Waals surface area contributed by atoms with Crippen molar-refractivity contribution >= 4 is 6.08 Å². The summed E-state index contributed by atoms with van der Waals surface area (Å²) in [6.45, 7) is 2.25. The molecule has 1 aliphatic rings. The van der Waals surface area contributed by atoms with Crippen molar-refractivity contribution in [3.63, 3.8) is 0 Å². The molecule has 198 valence electrons. The highest BCUT2D eigenvalue weighted by atomic mass is 19.4. The molecular formula is C26H26F5N3O3. The zero-order valence-corrected chi connectivity index (χ0v) is 19.9. The number of hydrogen-bond donors (Lipinski definition) is 1. The lowest BCUT2D eigenvalue weighted by molar-refractivity contribution is -0.180. The minimum absolute atomic E-state index is 0.0492. The molecular weight excluding hydrogens is 497 g/mol. The normalized spacial score (nSPS) is 21.2. The Kier molecular flexibility index (Phi) is 8.05. The lowest BCUT2D eigenvalue weighted by atomic mass is 9.77. The number of hydrogen-bond acceptors (Lipinski definition) is 5. The second-order valence-corrected chi connectivity index (χ2v) is 9.16. The molecule has 1 fully saturated rings. The highest BCUT2D eigenvalue weighted by Gasteiger charge is 2.40. The molecule has 2 atom stereocenters. The Morgan fingerprint density at radius 2 is 1.81 bits per heavy atom. The van der Waals surface area contributed by atoms with E-state index in [2.05, 4.69) is 10.1 Å². The maximum Gasteiger partial charge on any atom is 0.416 e. The maximum absolute atomic E-state index is 14.7. The maximum atomic E-state index is 14.7. The van der Waals surface area contributed by atoms with Crippen molar-refractivity contribution in [1.82, 2.24) is 14.8 Å². The van der Waals surface area contributed by atoms with E-state index >= 15 is 0 Å². The number of benzene rings is 2. The molecule has 1 aliphatic heterocycles. The lowest BCUT2D eigenvalue weighted by Crippen LogP contribution is -2.42. The van der Waals surface area contributed by atoms with Gasteiger partial charge in [0, 0.05) is 17.5 Å². The topological polar surface area (TPSA) is 69.4 Å².